The molecule has 0 atom stereocenters. The molecule has 0 saturated carbocycles. The van der Waals surface area contributed by atoms with E-state index in [4.69, 9.17) is 0 Å². The van der Waals surface area contributed by atoms with Crippen molar-refractivity contribution >= 4 is 21.7 Å². The summed E-state index contributed by atoms with van der Waals surface area (Å²) in [5.41, 5.74) is 0. The fourth-order valence-electron chi connectivity index (χ4n) is 1.32. The zero-order valence-electron chi connectivity index (χ0n) is 9.35. The van der Waals surface area contributed by atoms with E-state index < -0.39 is 0 Å². The Morgan fingerprint density at radius 1 is 1.35 bits per heavy atom. The third-order valence-electron chi connectivity index (χ3n) is 2.12. The monoisotopic (exact) mass is 297 g/mol. The molecule has 0 radical (unpaired) electrons. The molecule has 1 N–H and O–H groups in total. The van der Waals surface area contributed by atoms with Crippen molar-refractivity contribution in [2.24, 2.45) is 0 Å². The second-order valence-electron chi connectivity index (χ2n) is 3.37. The summed E-state index contributed by atoms with van der Waals surface area (Å²) in [6.45, 7) is 2.72. The molecule has 2 aromatic rings. The van der Waals surface area contributed by atoms with Crippen LogP contribution in [-0.4, -0.2) is 26.7 Å². The predicted octanol–water partition coefficient (Wildman–Crippen LogP) is 1.84. The lowest BCUT2D eigenvalue weighted by atomic mass is 10.4. The highest BCUT2D eigenvalue weighted by Crippen LogP contribution is 2.12. The molecule has 0 aromatic carbocycles. The molecule has 0 saturated heterocycles. The van der Waals surface area contributed by atoms with Crippen LogP contribution in [0.2, 0.25) is 0 Å². The average molecular weight is 298 g/mol. The second-order valence-corrected chi connectivity index (χ2v) is 4.18. The van der Waals surface area contributed by atoms with Crippen LogP contribution in [-0.2, 0) is 12.8 Å². The van der Waals surface area contributed by atoms with Gasteiger partial charge in [-0.1, -0.05) is 12.1 Å². The van der Waals surface area contributed by atoms with Crippen molar-refractivity contribution in [2.45, 2.75) is 19.8 Å². The zero-order valence-corrected chi connectivity index (χ0v) is 10.9. The summed E-state index contributed by atoms with van der Waals surface area (Å²) < 4.78 is 5.43. The number of nitrogens with zero attached hydrogens (tertiary/aromatic N) is 4. The van der Waals surface area contributed by atoms with E-state index in [0.717, 1.165) is 22.7 Å². The fourth-order valence-corrected chi connectivity index (χ4v) is 1.74. The summed E-state index contributed by atoms with van der Waals surface area (Å²) in [5, 5.41) is 6.93. The topological polar surface area (TPSA) is 76.7 Å². The predicted molar refractivity (Wildman–Crippen MR) is 65.6 cm³/mol. The quantitative estimate of drug-likeness (QED) is 0.849. The number of rotatable bonds is 5. The molecule has 2 rings (SSSR count). The highest BCUT2D eigenvalue weighted by Gasteiger charge is 2.02. The molecular formula is C10H12BrN5O. The van der Waals surface area contributed by atoms with Crippen LogP contribution in [0.1, 0.15) is 18.6 Å². The molecule has 2 aromatic heterocycles. The van der Waals surface area contributed by atoms with E-state index in [1.54, 1.807) is 0 Å². The van der Waals surface area contributed by atoms with Gasteiger partial charge in [-0.3, -0.25) is 0 Å². The Morgan fingerprint density at radius 2 is 2.24 bits per heavy atom. The molecule has 6 nitrogen and oxygen atoms in total. The Balaban J connectivity index is 1.92. The van der Waals surface area contributed by atoms with Gasteiger partial charge in [0.25, 0.3) is 0 Å². The first-order valence-electron chi connectivity index (χ1n) is 5.30. The van der Waals surface area contributed by atoms with Crippen molar-refractivity contribution in [3.05, 3.63) is 28.7 Å². The number of aryl methyl sites for hydroxylation is 1. The smallest absolute Gasteiger partial charge is 0.213 e. The molecule has 2 heterocycles. The van der Waals surface area contributed by atoms with Crippen LogP contribution in [0.4, 0.5) is 5.82 Å². The van der Waals surface area contributed by atoms with Gasteiger partial charge in [0, 0.05) is 25.5 Å². The van der Waals surface area contributed by atoms with Gasteiger partial charge < -0.3 is 9.84 Å². The summed E-state index contributed by atoms with van der Waals surface area (Å²) in [4.78, 5) is 12.5. The summed E-state index contributed by atoms with van der Waals surface area (Å²) in [7, 11) is 0. The molecule has 17 heavy (non-hydrogen) atoms. The van der Waals surface area contributed by atoms with Gasteiger partial charge in [0.2, 0.25) is 6.39 Å². The minimum absolute atomic E-state index is 0.682. The van der Waals surface area contributed by atoms with E-state index in [1.807, 2.05) is 13.0 Å². The summed E-state index contributed by atoms with van der Waals surface area (Å²) in [6, 6.07) is 1.84. The molecule has 0 unspecified atom stereocenters. The van der Waals surface area contributed by atoms with E-state index in [-0.39, 0.29) is 0 Å². The Labute approximate surface area is 107 Å². The Morgan fingerprint density at radius 3 is 2.94 bits per heavy atom. The standard InChI is InChI=1S/C10H12BrN5O/c1-2-8-14-7(11)5-10(15-8)12-4-3-9-13-6-17-16-9/h5-6H,2-4H2,1H3,(H,12,14,15). The fraction of sp³-hybridized carbons (Fsp3) is 0.400. The molecule has 0 fully saturated rings. The number of hydrogen-bond acceptors (Lipinski definition) is 6. The van der Waals surface area contributed by atoms with Crippen molar-refractivity contribution in [3.8, 4) is 0 Å². The molecule has 90 valence electrons. The van der Waals surface area contributed by atoms with Crippen LogP contribution in [0.15, 0.2) is 21.6 Å². The van der Waals surface area contributed by atoms with Gasteiger partial charge in [-0.05, 0) is 15.9 Å². The van der Waals surface area contributed by atoms with Crippen LogP contribution in [0.25, 0.3) is 0 Å². The lowest BCUT2D eigenvalue weighted by molar-refractivity contribution is 0.410. The molecule has 0 aliphatic carbocycles. The number of anilines is 1. The van der Waals surface area contributed by atoms with Crippen LogP contribution >= 0.6 is 15.9 Å². The third kappa shape index (κ3) is 3.48. The van der Waals surface area contributed by atoms with Gasteiger partial charge >= 0.3 is 0 Å². The first kappa shape index (κ1) is 12.0. The average Bonchev–Trinajstić information content (AvgIpc) is 2.81. The summed E-state index contributed by atoms with van der Waals surface area (Å²) in [5.74, 6) is 2.29. The van der Waals surface area contributed by atoms with Crippen molar-refractivity contribution in [3.63, 3.8) is 0 Å². The van der Waals surface area contributed by atoms with Crippen LogP contribution < -0.4 is 5.32 Å². The van der Waals surface area contributed by atoms with Gasteiger partial charge in [0.05, 0.1) is 0 Å². The SMILES string of the molecule is CCc1nc(Br)cc(NCCc2ncon2)n1. The molecule has 0 aliphatic heterocycles. The lowest BCUT2D eigenvalue weighted by Crippen LogP contribution is -2.08. The molecule has 0 aliphatic rings. The van der Waals surface area contributed by atoms with Crippen molar-refractivity contribution < 1.29 is 4.52 Å². The number of nitrogens with one attached hydrogen (secondary N) is 1. The maximum absolute atomic E-state index is 4.65. The minimum atomic E-state index is 0.682. The maximum atomic E-state index is 4.65. The van der Waals surface area contributed by atoms with E-state index in [2.05, 4.69) is 45.9 Å². The maximum Gasteiger partial charge on any atom is 0.213 e. The zero-order chi connectivity index (χ0) is 12.1. The normalized spacial score (nSPS) is 10.5. The third-order valence-corrected chi connectivity index (χ3v) is 2.53. The Hall–Kier alpha value is -1.50. The van der Waals surface area contributed by atoms with E-state index in [1.165, 1.54) is 6.39 Å². The lowest BCUT2D eigenvalue weighted by Gasteiger charge is -2.05. The summed E-state index contributed by atoms with van der Waals surface area (Å²) >= 11 is 3.35. The van der Waals surface area contributed by atoms with Crippen molar-refractivity contribution in [2.75, 3.05) is 11.9 Å². The highest BCUT2D eigenvalue weighted by atomic mass is 79.9. The van der Waals surface area contributed by atoms with Gasteiger partial charge in [-0.15, -0.1) is 0 Å². The summed E-state index contributed by atoms with van der Waals surface area (Å²) in [6.07, 6.45) is 2.82. The van der Waals surface area contributed by atoms with Gasteiger partial charge in [-0.25, -0.2) is 9.97 Å². The first-order valence-corrected chi connectivity index (χ1v) is 6.10. The molecular weight excluding hydrogens is 286 g/mol. The van der Waals surface area contributed by atoms with E-state index >= 15 is 0 Å². The van der Waals surface area contributed by atoms with Crippen molar-refractivity contribution in [1.29, 1.82) is 0 Å². The largest absolute Gasteiger partial charge is 0.369 e. The number of hydrogen-bond donors (Lipinski definition) is 1. The molecule has 0 spiro atoms. The van der Waals surface area contributed by atoms with Crippen LogP contribution in [0.3, 0.4) is 0 Å². The number of aromatic nitrogens is 4. The molecule has 0 bridgehead atoms. The highest BCUT2D eigenvalue weighted by molar-refractivity contribution is 9.10. The van der Waals surface area contributed by atoms with Crippen molar-refractivity contribution in [1.82, 2.24) is 20.1 Å². The van der Waals surface area contributed by atoms with E-state index in [0.29, 0.717) is 18.8 Å². The first-order chi connectivity index (χ1) is 8.28. The number of halogens is 1. The van der Waals surface area contributed by atoms with Crippen LogP contribution in [0.5, 0.6) is 0 Å². The van der Waals surface area contributed by atoms with Crippen LogP contribution in [0, 0.1) is 0 Å². The molecule has 0 amide bonds. The Kier molecular flexibility index (Phi) is 4.03. The van der Waals surface area contributed by atoms with Gasteiger partial charge in [-0.2, -0.15) is 4.98 Å². The van der Waals surface area contributed by atoms with Gasteiger partial charge in [0.1, 0.15) is 16.2 Å². The minimum Gasteiger partial charge on any atom is -0.369 e. The second kappa shape index (κ2) is 5.72. The molecule has 7 heteroatoms. The van der Waals surface area contributed by atoms with E-state index in [9.17, 15) is 0 Å². The Bertz CT molecular complexity index is 474. The van der Waals surface area contributed by atoms with Gasteiger partial charge in [0.15, 0.2) is 5.82 Å².